The number of benzene rings is 3. The Morgan fingerprint density at radius 3 is 2.56 bits per heavy atom. The van der Waals surface area contributed by atoms with Gasteiger partial charge in [0.15, 0.2) is 11.5 Å². The number of ether oxygens (including phenoxy) is 2. The van der Waals surface area contributed by atoms with Gasteiger partial charge in [0.25, 0.3) is 11.1 Å². The third kappa shape index (κ3) is 5.45. The van der Waals surface area contributed by atoms with Crippen LogP contribution in [0.2, 0.25) is 5.02 Å². The Morgan fingerprint density at radius 2 is 1.85 bits per heavy atom. The predicted molar refractivity (Wildman–Crippen MR) is 140 cm³/mol. The number of thioether (sulfide) groups is 1. The topological polar surface area (TPSA) is 72.9 Å². The second-order valence-corrected chi connectivity index (χ2v) is 9.78. The fraction of sp³-hybridized carbons (Fsp3) is 0.0800. The number of rotatable bonds is 6. The van der Waals surface area contributed by atoms with E-state index in [4.69, 9.17) is 21.1 Å². The monoisotopic (exact) mass is 605 g/mol. The van der Waals surface area contributed by atoms with Crippen molar-refractivity contribution in [2.75, 3.05) is 7.11 Å². The molecule has 172 valence electrons. The maximum atomic E-state index is 12.9. The van der Waals surface area contributed by atoms with Crippen LogP contribution < -0.4 is 9.47 Å². The van der Waals surface area contributed by atoms with Crippen LogP contribution in [0.25, 0.3) is 6.08 Å². The second-order valence-electron chi connectivity index (χ2n) is 7.19. The van der Waals surface area contributed by atoms with Crippen molar-refractivity contribution in [3.05, 3.63) is 96.9 Å². The smallest absolute Gasteiger partial charge is 0.343 e. The fourth-order valence-electron chi connectivity index (χ4n) is 3.25. The lowest BCUT2D eigenvalue weighted by Gasteiger charge is -2.13. The molecule has 0 radical (unpaired) electrons. The molecular formula is C25H17ClINO5S. The molecule has 3 aromatic rings. The maximum Gasteiger partial charge on any atom is 0.343 e. The molecule has 1 aliphatic rings. The summed E-state index contributed by atoms with van der Waals surface area (Å²) in [4.78, 5) is 39.3. The molecule has 4 rings (SSSR count). The fourth-order valence-corrected chi connectivity index (χ4v) is 5.04. The van der Waals surface area contributed by atoms with Crippen LogP contribution >= 0.6 is 46.0 Å². The van der Waals surface area contributed by atoms with Gasteiger partial charge in [0.2, 0.25) is 0 Å². The van der Waals surface area contributed by atoms with Crippen LogP contribution in [0.5, 0.6) is 11.5 Å². The molecule has 6 nitrogen and oxygen atoms in total. The number of methoxy groups -OCH3 is 1. The van der Waals surface area contributed by atoms with Gasteiger partial charge in [0, 0.05) is 5.02 Å². The molecule has 1 saturated heterocycles. The van der Waals surface area contributed by atoms with Crippen molar-refractivity contribution in [2.24, 2.45) is 0 Å². The Morgan fingerprint density at radius 1 is 1.09 bits per heavy atom. The summed E-state index contributed by atoms with van der Waals surface area (Å²) in [6.45, 7) is 0.137. The van der Waals surface area contributed by atoms with Gasteiger partial charge in [0.05, 0.1) is 27.7 Å². The molecule has 2 amide bonds. The van der Waals surface area contributed by atoms with E-state index in [1.54, 1.807) is 60.7 Å². The number of esters is 1. The molecule has 0 saturated carbocycles. The zero-order valence-corrected chi connectivity index (χ0v) is 21.5. The zero-order chi connectivity index (χ0) is 24.2. The predicted octanol–water partition coefficient (Wildman–Crippen LogP) is 6.41. The van der Waals surface area contributed by atoms with E-state index in [2.05, 4.69) is 0 Å². The molecule has 0 spiro atoms. The molecule has 0 bridgehead atoms. The normalized spacial score (nSPS) is 14.6. The highest BCUT2D eigenvalue weighted by Gasteiger charge is 2.35. The van der Waals surface area contributed by atoms with Crippen LogP contribution in [0.1, 0.15) is 21.5 Å². The summed E-state index contributed by atoms with van der Waals surface area (Å²) in [6.07, 6.45) is 1.62. The molecule has 0 aliphatic carbocycles. The van der Waals surface area contributed by atoms with Crippen LogP contribution in [0.3, 0.4) is 0 Å². The third-order valence-electron chi connectivity index (χ3n) is 4.86. The molecule has 34 heavy (non-hydrogen) atoms. The van der Waals surface area contributed by atoms with Crippen molar-refractivity contribution in [1.82, 2.24) is 4.90 Å². The van der Waals surface area contributed by atoms with E-state index in [0.717, 1.165) is 17.3 Å². The standard InChI is InChI=1S/C25H17ClINO5S/c1-32-20-12-16(11-19(27)22(20)33-24(30)17-7-3-2-4-8-17)13-21-23(29)28(25(31)34-21)14-15-6-5-9-18(26)10-15/h2-13H,14H2,1H3/b21-13-. The quantitative estimate of drug-likeness (QED) is 0.140. The molecule has 9 heteroatoms. The van der Waals surface area contributed by atoms with Gasteiger partial charge in [-0.3, -0.25) is 14.5 Å². The number of nitrogens with zero attached hydrogens (tertiary/aromatic N) is 1. The highest BCUT2D eigenvalue weighted by Crippen LogP contribution is 2.38. The van der Waals surface area contributed by atoms with E-state index in [1.807, 2.05) is 34.7 Å². The van der Waals surface area contributed by atoms with Gasteiger partial charge in [-0.25, -0.2) is 4.79 Å². The van der Waals surface area contributed by atoms with E-state index < -0.39 is 5.97 Å². The molecule has 1 fully saturated rings. The molecule has 3 aromatic carbocycles. The van der Waals surface area contributed by atoms with Crippen molar-refractivity contribution in [3.63, 3.8) is 0 Å². The average molecular weight is 606 g/mol. The van der Waals surface area contributed by atoms with E-state index in [-0.39, 0.29) is 23.4 Å². The van der Waals surface area contributed by atoms with Gasteiger partial charge in [-0.05, 0) is 88.0 Å². The minimum absolute atomic E-state index is 0.137. The maximum absolute atomic E-state index is 12.9. The van der Waals surface area contributed by atoms with Gasteiger partial charge in [-0.15, -0.1) is 0 Å². The van der Waals surface area contributed by atoms with Crippen LogP contribution in [-0.4, -0.2) is 29.1 Å². The van der Waals surface area contributed by atoms with Crippen LogP contribution in [0.4, 0.5) is 4.79 Å². The van der Waals surface area contributed by atoms with Crippen molar-refractivity contribution in [3.8, 4) is 11.5 Å². The Bertz CT molecular complexity index is 1310. The first kappa shape index (κ1) is 24.3. The number of carbonyl (C=O) groups is 3. The van der Waals surface area contributed by atoms with Gasteiger partial charge < -0.3 is 9.47 Å². The lowest BCUT2D eigenvalue weighted by molar-refractivity contribution is -0.123. The minimum atomic E-state index is -0.508. The van der Waals surface area contributed by atoms with E-state index >= 15 is 0 Å². The van der Waals surface area contributed by atoms with Crippen molar-refractivity contribution in [2.45, 2.75) is 6.54 Å². The molecule has 0 N–H and O–H groups in total. The molecule has 0 atom stereocenters. The summed E-state index contributed by atoms with van der Waals surface area (Å²) in [6, 6.07) is 19.1. The van der Waals surface area contributed by atoms with Crippen molar-refractivity contribution < 1.29 is 23.9 Å². The number of imide groups is 1. The summed E-state index contributed by atoms with van der Waals surface area (Å²) in [7, 11) is 1.47. The van der Waals surface area contributed by atoms with E-state index in [1.165, 1.54) is 12.0 Å². The lowest BCUT2D eigenvalue weighted by atomic mass is 10.1. The Hall–Kier alpha value is -2.82. The number of hydrogen-bond donors (Lipinski definition) is 0. The molecule has 0 unspecified atom stereocenters. The minimum Gasteiger partial charge on any atom is -0.493 e. The summed E-state index contributed by atoms with van der Waals surface area (Å²) >= 11 is 8.92. The highest BCUT2D eigenvalue weighted by atomic mass is 127. The van der Waals surface area contributed by atoms with Gasteiger partial charge >= 0.3 is 5.97 Å². The number of amides is 2. The lowest BCUT2D eigenvalue weighted by Crippen LogP contribution is -2.27. The van der Waals surface area contributed by atoms with Gasteiger partial charge in [0.1, 0.15) is 0 Å². The zero-order valence-electron chi connectivity index (χ0n) is 17.8. The van der Waals surface area contributed by atoms with Crippen LogP contribution in [-0.2, 0) is 11.3 Å². The Labute approximate surface area is 219 Å². The van der Waals surface area contributed by atoms with Crippen LogP contribution in [0, 0.1) is 3.57 Å². The third-order valence-corrected chi connectivity index (χ3v) is 6.80. The first-order valence-corrected chi connectivity index (χ1v) is 12.3. The number of hydrogen-bond acceptors (Lipinski definition) is 6. The van der Waals surface area contributed by atoms with E-state index in [9.17, 15) is 14.4 Å². The molecule has 0 aromatic heterocycles. The first-order valence-electron chi connectivity index (χ1n) is 10.0. The average Bonchev–Trinajstić information content (AvgIpc) is 3.08. The first-order chi connectivity index (χ1) is 16.4. The van der Waals surface area contributed by atoms with Gasteiger partial charge in [-0.2, -0.15) is 0 Å². The largest absolute Gasteiger partial charge is 0.493 e. The molecule has 1 aliphatic heterocycles. The Kier molecular flexibility index (Phi) is 7.60. The molecule has 1 heterocycles. The number of halogens is 2. The summed E-state index contributed by atoms with van der Waals surface area (Å²) in [5.74, 6) is -0.279. The van der Waals surface area contributed by atoms with E-state index in [0.29, 0.717) is 30.4 Å². The van der Waals surface area contributed by atoms with Crippen molar-refractivity contribution in [1.29, 1.82) is 0 Å². The highest BCUT2D eigenvalue weighted by molar-refractivity contribution is 14.1. The summed E-state index contributed by atoms with van der Waals surface area (Å²) < 4.78 is 11.6. The summed E-state index contributed by atoms with van der Waals surface area (Å²) in [5, 5.41) is 0.182. The van der Waals surface area contributed by atoms with Crippen molar-refractivity contribution >= 4 is 69.1 Å². The molecular weight excluding hydrogens is 589 g/mol. The SMILES string of the molecule is COc1cc(/C=C2\SC(=O)N(Cc3cccc(Cl)c3)C2=O)cc(I)c1OC(=O)c1ccccc1. The summed E-state index contributed by atoms with van der Waals surface area (Å²) in [5.41, 5.74) is 1.81. The van der Waals surface area contributed by atoms with Gasteiger partial charge in [-0.1, -0.05) is 41.9 Å². The second kappa shape index (κ2) is 10.6. The number of carbonyl (C=O) groups excluding carboxylic acids is 3. The Balaban J connectivity index is 1.57. The van der Waals surface area contributed by atoms with Crippen LogP contribution in [0.15, 0.2) is 71.6 Å².